The fourth-order valence-corrected chi connectivity index (χ4v) is 2.61. The zero-order valence-corrected chi connectivity index (χ0v) is 15.2. The van der Waals surface area contributed by atoms with Crippen LogP contribution in [0.5, 0.6) is 5.75 Å². The van der Waals surface area contributed by atoms with Crippen molar-refractivity contribution in [3.63, 3.8) is 0 Å². The summed E-state index contributed by atoms with van der Waals surface area (Å²) in [5.74, 6) is 0.539. The third-order valence-electron chi connectivity index (χ3n) is 3.85. The average Bonchev–Trinajstić information content (AvgIpc) is 2.70. The monoisotopic (exact) mass is 375 g/mol. The van der Waals surface area contributed by atoms with Gasteiger partial charge in [0.05, 0.1) is 6.61 Å². The number of aliphatic hydroxyl groups is 2. The zero-order valence-electron chi connectivity index (χ0n) is 15.2. The van der Waals surface area contributed by atoms with Crippen molar-refractivity contribution in [2.45, 2.75) is 18.6 Å². The highest BCUT2D eigenvalue weighted by Gasteiger charge is 2.27. The SMILES string of the molecule is CO[C@H](CCO)[C@H](OC(=O)Nc1ccccc1)c1cccc(OCCO)c1. The lowest BCUT2D eigenvalue weighted by Crippen LogP contribution is -2.29. The Kier molecular flexibility index (Phi) is 8.57. The van der Waals surface area contributed by atoms with E-state index in [-0.39, 0.29) is 19.8 Å². The van der Waals surface area contributed by atoms with Crippen LogP contribution in [-0.4, -0.2) is 49.3 Å². The quantitative estimate of drug-likeness (QED) is 0.591. The molecule has 0 unspecified atom stereocenters. The first-order chi connectivity index (χ1) is 13.2. The lowest BCUT2D eigenvalue weighted by atomic mass is 10.0. The van der Waals surface area contributed by atoms with Crippen molar-refractivity contribution in [3.8, 4) is 5.75 Å². The number of nitrogens with one attached hydrogen (secondary N) is 1. The molecule has 27 heavy (non-hydrogen) atoms. The van der Waals surface area contributed by atoms with Crippen LogP contribution in [0.25, 0.3) is 0 Å². The van der Waals surface area contributed by atoms with Crippen molar-refractivity contribution < 1.29 is 29.2 Å². The van der Waals surface area contributed by atoms with E-state index >= 15 is 0 Å². The molecule has 146 valence electrons. The van der Waals surface area contributed by atoms with Crippen LogP contribution in [0.4, 0.5) is 10.5 Å². The van der Waals surface area contributed by atoms with Crippen LogP contribution in [0.2, 0.25) is 0 Å². The van der Waals surface area contributed by atoms with Crippen LogP contribution in [0.3, 0.4) is 0 Å². The van der Waals surface area contributed by atoms with E-state index in [0.717, 1.165) is 0 Å². The Bertz CT molecular complexity index is 694. The summed E-state index contributed by atoms with van der Waals surface area (Å²) in [5.41, 5.74) is 1.27. The van der Waals surface area contributed by atoms with Crippen molar-refractivity contribution in [3.05, 3.63) is 60.2 Å². The highest BCUT2D eigenvalue weighted by Crippen LogP contribution is 2.28. The second kappa shape index (κ2) is 11.2. The smallest absolute Gasteiger partial charge is 0.412 e. The summed E-state index contributed by atoms with van der Waals surface area (Å²) in [6, 6.07) is 16.0. The minimum absolute atomic E-state index is 0.102. The third kappa shape index (κ3) is 6.56. The highest BCUT2D eigenvalue weighted by molar-refractivity contribution is 5.84. The van der Waals surface area contributed by atoms with Crippen LogP contribution in [-0.2, 0) is 9.47 Å². The summed E-state index contributed by atoms with van der Waals surface area (Å²) in [7, 11) is 1.50. The van der Waals surface area contributed by atoms with Gasteiger partial charge >= 0.3 is 6.09 Å². The number of ether oxygens (including phenoxy) is 3. The Labute approximate surface area is 158 Å². The van der Waals surface area contributed by atoms with Crippen molar-refractivity contribution in [1.82, 2.24) is 0 Å². The van der Waals surface area contributed by atoms with E-state index in [0.29, 0.717) is 23.4 Å². The van der Waals surface area contributed by atoms with Gasteiger partial charge in [-0.15, -0.1) is 0 Å². The largest absolute Gasteiger partial charge is 0.491 e. The fourth-order valence-electron chi connectivity index (χ4n) is 2.61. The van der Waals surface area contributed by atoms with Gasteiger partial charge in [-0.25, -0.2) is 4.79 Å². The highest BCUT2D eigenvalue weighted by atomic mass is 16.6. The predicted octanol–water partition coefficient (Wildman–Crippen LogP) is 2.74. The van der Waals surface area contributed by atoms with Crippen molar-refractivity contribution in [2.75, 3.05) is 32.2 Å². The Balaban J connectivity index is 2.19. The topological polar surface area (TPSA) is 97.2 Å². The normalized spacial score (nSPS) is 12.9. The summed E-state index contributed by atoms with van der Waals surface area (Å²) < 4.78 is 16.5. The molecule has 0 bridgehead atoms. The molecule has 0 fully saturated rings. The number of hydrogen-bond donors (Lipinski definition) is 3. The van der Waals surface area contributed by atoms with Crippen LogP contribution in [0, 0.1) is 0 Å². The van der Waals surface area contributed by atoms with Gasteiger partial charge in [0.25, 0.3) is 0 Å². The number of anilines is 1. The Morgan fingerprint density at radius 3 is 2.52 bits per heavy atom. The minimum atomic E-state index is -0.747. The number of rotatable bonds is 10. The summed E-state index contributed by atoms with van der Waals surface area (Å²) in [4.78, 5) is 12.4. The predicted molar refractivity (Wildman–Crippen MR) is 101 cm³/mol. The number of benzene rings is 2. The molecule has 7 nitrogen and oxygen atoms in total. The fraction of sp³-hybridized carbons (Fsp3) is 0.350. The van der Waals surface area contributed by atoms with E-state index in [1.54, 1.807) is 48.5 Å². The first-order valence-corrected chi connectivity index (χ1v) is 8.68. The van der Waals surface area contributed by atoms with E-state index in [4.69, 9.17) is 19.3 Å². The van der Waals surface area contributed by atoms with E-state index in [1.165, 1.54) is 7.11 Å². The van der Waals surface area contributed by atoms with Crippen molar-refractivity contribution in [1.29, 1.82) is 0 Å². The lowest BCUT2D eigenvalue weighted by molar-refractivity contribution is -0.0306. The van der Waals surface area contributed by atoms with Gasteiger partial charge in [0.1, 0.15) is 18.5 Å². The molecular weight excluding hydrogens is 350 g/mol. The van der Waals surface area contributed by atoms with Gasteiger partial charge in [-0.2, -0.15) is 0 Å². The second-order valence-electron chi connectivity index (χ2n) is 5.75. The van der Waals surface area contributed by atoms with Gasteiger partial charge in [0.15, 0.2) is 6.10 Å². The van der Waals surface area contributed by atoms with Gasteiger partial charge in [0, 0.05) is 25.8 Å². The molecule has 0 aromatic heterocycles. The molecular formula is C20H25NO6. The van der Waals surface area contributed by atoms with Crippen molar-refractivity contribution in [2.24, 2.45) is 0 Å². The Morgan fingerprint density at radius 1 is 1.07 bits per heavy atom. The third-order valence-corrected chi connectivity index (χ3v) is 3.85. The maximum absolute atomic E-state index is 12.4. The number of carbonyl (C=O) groups excluding carboxylic acids is 1. The average molecular weight is 375 g/mol. The van der Waals surface area contributed by atoms with E-state index in [1.807, 2.05) is 6.07 Å². The lowest BCUT2D eigenvalue weighted by Gasteiger charge is -2.26. The van der Waals surface area contributed by atoms with E-state index in [9.17, 15) is 9.90 Å². The molecule has 0 radical (unpaired) electrons. The molecule has 2 aromatic rings. The first kappa shape index (κ1) is 20.7. The number of amides is 1. The molecule has 0 saturated carbocycles. The number of hydrogen-bond acceptors (Lipinski definition) is 6. The molecule has 2 atom stereocenters. The maximum Gasteiger partial charge on any atom is 0.412 e. The molecule has 2 aromatic carbocycles. The molecule has 0 aliphatic rings. The standard InChI is InChI=1S/C20H25NO6/c1-25-18(10-11-22)19(15-6-5-9-17(14-15)26-13-12-23)27-20(24)21-16-7-3-2-4-8-16/h2-9,14,18-19,22-23H,10-13H2,1H3,(H,21,24)/t18-,19-/m1/s1. The van der Waals surface area contributed by atoms with Gasteiger partial charge < -0.3 is 24.4 Å². The molecule has 0 spiro atoms. The number of methoxy groups -OCH3 is 1. The summed E-state index contributed by atoms with van der Waals surface area (Å²) >= 11 is 0. The molecule has 7 heteroatoms. The van der Waals surface area contributed by atoms with Crippen LogP contribution in [0.1, 0.15) is 18.1 Å². The number of para-hydroxylation sites is 1. The molecule has 0 aliphatic carbocycles. The maximum atomic E-state index is 12.4. The summed E-state index contributed by atoms with van der Waals surface area (Å²) in [5, 5.41) is 20.9. The molecule has 2 rings (SSSR count). The summed E-state index contributed by atoms with van der Waals surface area (Å²) in [6.07, 6.45) is -1.62. The van der Waals surface area contributed by atoms with Gasteiger partial charge in [-0.3, -0.25) is 5.32 Å². The van der Waals surface area contributed by atoms with E-state index < -0.39 is 18.3 Å². The second-order valence-corrected chi connectivity index (χ2v) is 5.75. The molecule has 0 aliphatic heterocycles. The van der Waals surface area contributed by atoms with Gasteiger partial charge in [0.2, 0.25) is 0 Å². The minimum Gasteiger partial charge on any atom is -0.491 e. The van der Waals surface area contributed by atoms with Gasteiger partial charge in [-0.05, 0) is 29.8 Å². The first-order valence-electron chi connectivity index (χ1n) is 8.68. The van der Waals surface area contributed by atoms with Crippen LogP contribution < -0.4 is 10.1 Å². The molecule has 1 amide bonds. The Morgan fingerprint density at radius 2 is 1.85 bits per heavy atom. The van der Waals surface area contributed by atoms with Crippen LogP contribution >= 0.6 is 0 Å². The van der Waals surface area contributed by atoms with Crippen molar-refractivity contribution >= 4 is 11.8 Å². The number of aliphatic hydroxyl groups excluding tert-OH is 2. The van der Waals surface area contributed by atoms with Crippen LogP contribution in [0.15, 0.2) is 54.6 Å². The molecule has 0 heterocycles. The van der Waals surface area contributed by atoms with E-state index in [2.05, 4.69) is 5.32 Å². The summed E-state index contributed by atoms with van der Waals surface area (Å²) in [6.45, 7) is -0.0535. The Hall–Kier alpha value is -2.61. The molecule has 3 N–H and O–H groups in total. The zero-order chi connectivity index (χ0) is 19.5. The molecule has 0 saturated heterocycles. The number of carbonyl (C=O) groups is 1. The van der Waals surface area contributed by atoms with Gasteiger partial charge in [-0.1, -0.05) is 30.3 Å².